The molecule has 0 radical (unpaired) electrons. The highest BCUT2D eigenvalue weighted by atomic mass is 79.9. The molecule has 98 valence electrons. The Bertz CT molecular complexity index is 611. The van der Waals surface area contributed by atoms with Gasteiger partial charge in [-0.15, -0.1) is 0 Å². The van der Waals surface area contributed by atoms with Crippen LogP contribution in [0.3, 0.4) is 0 Å². The topological polar surface area (TPSA) is 54.9 Å². The maximum atomic E-state index is 12.1. The number of benzene rings is 1. The lowest BCUT2D eigenvalue weighted by molar-refractivity contribution is 0.102. The van der Waals surface area contributed by atoms with E-state index in [0.717, 1.165) is 0 Å². The summed E-state index contributed by atoms with van der Waals surface area (Å²) < 4.78 is 0.687. The van der Waals surface area contributed by atoms with E-state index in [1.807, 2.05) is 0 Å². The molecule has 0 bridgehead atoms. The van der Waals surface area contributed by atoms with Crippen molar-refractivity contribution in [2.45, 2.75) is 0 Å². The smallest absolute Gasteiger partial charge is 0.255 e. The van der Waals surface area contributed by atoms with Gasteiger partial charge in [0.25, 0.3) is 5.91 Å². The molecule has 1 N–H and O–H groups in total. The van der Waals surface area contributed by atoms with Crippen LogP contribution in [-0.4, -0.2) is 15.9 Å². The van der Waals surface area contributed by atoms with Crippen molar-refractivity contribution in [2.75, 3.05) is 5.32 Å². The minimum absolute atomic E-state index is 0.0643. The monoisotopic (exact) mass is 379 g/mol. The minimum Gasteiger partial charge on any atom is -0.317 e. The Balaban J connectivity index is 2.31. The first kappa shape index (κ1) is 14.5. The molecule has 0 saturated carbocycles. The van der Waals surface area contributed by atoms with E-state index in [4.69, 9.17) is 34.8 Å². The predicted molar refractivity (Wildman–Crippen MR) is 79.2 cm³/mol. The van der Waals surface area contributed by atoms with E-state index in [0.29, 0.717) is 15.1 Å². The van der Waals surface area contributed by atoms with Crippen LogP contribution in [0.4, 0.5) is 5.69 Å². The average Bonchev–Trinajstić information content (AvgIpc) is 2.32. The highest BCUT2D eigenvalue weighted by molar-refractivity contribution is 9.10. The van der Waals surface area contributed by atoms with E-state index in [2.05, 4.69) is 31.2 Å². The average molecular weight is 381 g/mol. The Kier molecular flexibility index (Phi) is 4.62. The fraction of sp³-hybridized carbons (Fsp3) is 0. The van der Waals surface area contributed by atoms with Crippen LogP contribution in [-0.2, 0) is 0 Å². The third-order valence-electron chi connectivity index (χ3n) is 2.12. The van der Waals surface area contributed by atoms with Crippen LogP contribution in [0.2, 0.25) is 15.3 Å². The molecule has 0 aliphatic rings. The van der Waals surface area contributed by atoms with Gasteiger partial charge in [-0.25, -0.2) is 9.97 Å². The van der Waals surface area contributed by atoms with Crippen molar-refractivity contribution in [1.82, 2.24) is 9.97 Å². The van der Waals surface area contributed by atoms with Crippen molar-refractivity contribution in [3.8, 4) is 0 Å². The van der Waals surface area contributed by atoms with Gasteiger partial charge in [0.15, 0.2) is 10.3 Å². The zero-order chi connectivity index (χ0) is 14.0. The highest BCUT2D eigenvalue weighted by Crippen LogP contribution is 2.27. The van der Waals surface area contributed by atoms with Crippen LogP contribution in [0.5, 0.6) is 0 Å². The normalized spacial score (nSPS) is 10.3. The van der Waals surface area contributed by atoms with Crippen molar-refractivity contribution >= 4 is 62.3 Å². The number of aromatic nitrogens is 2. The zero-order valence-corrected chi connectivity index (χ0v) is 13.0. The molecule has 0 fully saturated rings. The second-order valence-corrected chi connectivity index (χ2v) is 5.51. The van der Waals surface area contributed by atoms with Gasteiger partial charge in [0.05, 0.1) is 0 Å². The number of carbonyl (C=O) groups excluding carboxylic acids is 1. The Morgan fingerprint density at radius 1 is 1.11 bits per heavy atom. The number of carbonyl (C=O) groups is 1. The molecule has 0 spiro atoms. The van der Waals surface area contributed by atoms with Crippen LogP contribution < -0.4 is 5.32 Å². The number of hydrogen-bond donors (Lipinski definition) is 1. The second-order valence-electron chi connectivity index (χ2n) is 3.44. The first-order valence-electron chi connectivity index (χ1n) is 4.91. The molecule has 0 aliphatic heterocycles. The number of nitrogens with one attached hydrogen (secondary N) is 1. The number of nitrogens with zero attached hydrogens (tertiary/aromatic N) is 2. The first-order valence-corrected chi connectivity index (χ1v) is 6.83. The molecule has 1 aromatic heterocycles. The highest BCUT2D eigenvalue weighted by Gasteiger charge is 2.14. The Morgan fingerprint density at radius 3 is 2.32 bits per heavy atom. The molecule has 8 heteroatoms. The summed E-state index contributed by atoms with van der Waals surface area (Å²) in [6, 6.07) is 4.81. The number of hydrogen-bond acceptors (Lipinski definition) is 3. The van der Waals surface area contributed by atoms with Crippen molar-refractivity contribution in [1.29, 1.82) is 0 Å². The molecule has 2 rings (SSSR count). The number of halogens is 4. The summed E-state index contributed by atoms with van der Waals surface area (Å²) in [5, 5.41) is 3.10. The molecule has 1 heterocycles. The second kappa shape index (κ2) is 6.05. The van der Waals surface area contributed by atoms with Crippen molar-refractivity contribution < 1.29 is 4.79 Å². The van der Waals surface area contributed by atoms with E-state index >= 15 is 0 Å². The molecule has 4 nitrogen and oxygen atoms in total. The lowest BCUT2D eigenvalue weighted by atomic mass is 10.2. The standard InChI is InChI=1S/C11H5BrCl3N3O/c12-6-1-5(2-7(13)3-6)11(19)18-8-9(14)16-4-17-10(8)15/h1-4H,(H,18,19). The van der Waals surface area contributed by atoms with Crippen molar-refractivity contribution in [3.63, 3.8) is 0 Å². The molecule has 2 aromatic rings. The molecule has 0 unspecified atom stereocenters. The third kappa shape index (κ3) is 3.57. The van der Waals surface area contributed by atoms with Gasteiger partial charge in [0, 0.05) is 15.1 Å². The van der Waals surface area contributed by atoms with Crippen LogP contribution in [0.1, 0.15) is 10.4 Å². The fourth-order valence-corrected chi connectivity index (χ4v) is 2.59. The Hall–Kier alpha value is -0.880. The minimum atomic E-state index is -0.415. The molecule has 1 aromatic carbocycles. The number of anilines is 1. The fourth-order valence-electron chi connectivity index (χ4n) is 1.32. The summed E-state index contributed by atoms with van der Waals surface area (Å²) in [7, 11) is 0. The first-order chi connectivity index (χ1) is 8.97. The van der Waals surface area contributed by atoms with Gasteiger partial charge in [-0.1, -0.05) is 50.7 Å². The van der Waals surface area contributed by atoms with Gasteiger partial charge < -0.3 is 5.32 Å². The Labute approximate surface area is 132 Å². The molecule has 19 heavy (non-hydrogen) atoms. The summed E-state index contributed by atoms with van der Waals surface area (Å²) in [5.41, 5.74) is 0.516. The third-order valence-corrected chi connectivity index (χ3v) is 3.37. The van der Waals surface area contributed by atoms with Gasteiger partial charge in [0.2, 0.25) is 0 Å². The molecule has 0 aliphatic carbocycles. The van der Waals surface area contributed by atoms with E-state index in [1.54, 1.807) is 12.1 Å². The summed E-state index contributed by atoms with van der Waals surface area (Å²) in [6.07, 6.45) is 1.20. The molecular formula is C11H5BrCl3N3O. The number of amides is 1. The number of rotatable bonds is 2. The van der Waals surface area contributed by atoms with Crippen LogP contribution >= 0.6 is 50.7 Å². The predicted octanol–water partition coefficient (Wildman–Crippen LogP) is 4.45. The SMILES string of the molecule is O=C(Nc1c(Cl)ncnc1Cl)c1cc(Cl)cc(Br)c1. The maximum Gasteiger partial charge on any atom is 0.255 e. The Morgan fingerprint density at radius 2 is 1.74 bits per heavy atom. The van der Waals surface area contributed by atoms with Crippen LogP contribution in [0.15, 0.2) is 29.0 Å². The molecule has 1 amide bonds. The molecular weight excluding hydrogens is 376 g/mol. The van der Waals surface area contributed by atoms with Crippen molar-refractivity contribution in [3.05, 3.63) is 49.9 Å². The lowest BCUT2D eigenvalue weighted by Crippen LogP contribution is -2.13. The lowest BCUT2D eigenvalue weighted by Gasteiger charge is -2.08. The van der Waals surface area contributed by atoms with Crippen molar-refractivity contribution in [2.24, 2.45) is 0 Å². The quantitative estimate of drug-likeness (QED) is 0.782. The maximum absolute atomic E-state index is 12.1. The van der Waals surface area contributed by atoms with E-state index in [9.17, 15) is 4.79 Å². The van der Waals surface area contributed by atoms with Gasteiger partial charge in [0.1, 0.15) is 12.0 Å². The molecule has 0 saturated heterocycles. The largest absolute Gasteiger partial charge is 0.317 e. The van der Waals surface area contributed by atoms with Gasteiger partial charge in [-0.3, -0.25) is 4.79 Å². The van der Waals surface area contributed by atoms with Crippen LogP contribution in [0.25, 0.3) is 0 Å². The van der Waals surface area contributed by atoms with Crippen LogP contribution in [0, 0.1) is 0 Å². The van der Waals surface area contributed by atoms with E-state index in [-0.39, 0.29) is 16.0 Å². The summed E-state index contributed by atoms with van der Waals surface area (Å²) in [4.78, 5) is 19.5. The van der Waals surface area contributed by atoms with E-state index in [1.165, 1.54) is 12.4 Å². The molecule has 0 atom stereocenters. The summed E-state index contributed by atoms with van der Waals surface area (Å²) >= 11 is 20.8. The van der Waals surface area contributed by atoms with E-state index < -0.39 is 5.91 Å². The summed E-state index contributed by atoms with van der Waals surface area (Å²) in [6.45, 7) is 0. The zero-order valence-electron chi connectivity index (χ0n) is 9.12. The van der Waals surface area contributed by atoms with Gasteiger partial charge >= 0.3 is 0 Å². The van der Waals surface area contributed by atoms with Gasteiger partial charge in [-0.05, 0) is 18.2 Å². The van der Waals surface area contributed by atoms with Gasteiger partial charge in [-0.2, -0.15) is 0 Å². The summed E-state index contributed by atoms with van der Waals surface area (Å²) in [5.74, 6) is -0.415.